The molecule has 0 fully saturated rings. The Balaban J connectivity index is 1.85. The van der Waals surface area contributed by atoms with E-state index in [0.717, 1.165) is 37.7 Å². The van der Waals surface area contributed by atoms with Crippen LogP contribution in [0, 0.1) is 0 Å². The number of cyclic esters (lactones) is 1. The van der Waals surface area contributed by atoms with Crippen LogP contribution >= 0.6 is 0 Å². The molecule has 1 atom stereocenters. The molecule has 0 radical (unpaired) electrons. The fourth-order valence-electron chi connectivity index (χ4n) is 3.15. The van der Waals surface area contributed by atoms with Crippen molar-refractivity contribution in [2.24, 2.45) is 0 Å². The highest BCUT2D eigenvalue weighted by Gasteiger charge is 2.34. The number of esters is 1. The lowest BCUT2D eigenvalue weighted by molar-refractivity contribution is 0.0361. The first-order chi connectivity index (χ1) is 11.7. The summed E-state index contributed by atoms with van der Waals surface area (Å²) in [5, 5.41) is 8.75. The number of benzene rings is 1. The number of hydrogen-bond acceptors (Lipinski definition) is 5. The molecule has 5 nitrogen and oxygen atoms in total. The van der Waals surface area contributed by atoms with E-state index in [1.165, 1.54) is 19.3 Å². The summed E-state index contributed by atoms with van der Waals surface area (Å²) in [5.74, 6) is 0.886. The van der Waals surface area contributed by atoms with Crippen LogP contribution in [0.15, 0.2) is 12.1 Å². The minimum Gasteiger partial charge on any atom is -0.497 e. The number of rotatable bonds is 11. The monoisotopic (exact) mass is 336 g/mol. The molecule has 5 heteroatoms. The number of methoxy groups -OCH3 is 2. The van der Waals surface area contributed by atoms with Crippen LogP contribution in [0.1, 0.15) is 73.4 Å². The second kappa shape index (κ2) is 9.52. The standard InChI is InChI=1S/C19H28O5/c1-22-14-12-15-16(10-8-6-4-3-5-7-9-11-20)24-19(21)18(15)17(13-14)23-2/h12-13,16,20H,3-11H2,1-2H3/t16-/m1/s1. The van der Waals surface area contributed by atoms with Gasteiger partial charge in [0.05, 0.1) is 14.2 Å². The van der Waals surface area contributed by atoms with E-state index in [1.54, 1.807) is 20.3 Å². The maximum Gasteiger partial charge on any atom is 0.342 e. The molecular formula is C19H28O5. The molecule has 0 unspecified atom stereocenters. The summed E-state index contributed by atoms with van der Waals surface area (Å²) >= 11 is 0. The van der Waals surface area contributed by atoms with Crippen molar-refractivity contribution in [2.45, 2.75) is 57.5 Å². The first kappa shape index (κ1) is 18.6. The molecule has 0 amide bonds. The van der Waals surface area contributed by atoms with Crippen molar-refractivity contribution in [3.8, 4) is 11.5 Å². The summed E-state index contributed by atoms with van der Waals surface area (Å²) in [6.07, 6.45) is 8.33. The van der Waals surface area contributed by atoms with Gasteiger partial charge in [-0.15, -0.1) is 0 Å². The summed E-state index contributed by atoms with van der Waals surface area (Å²) < 4.78 is 16.1. The van der Waals surface area contributed by atoms with E-state index in [2.05, 4.69) is 0 Å². The number of aliphatic hydroxyl groups is 1. The Kier molecular flexibility index (Phi) is 7.37. The highest BCUT2D eigenvalue weighted by molar-refractivity contribution is 5.97. The van der Waals surface area contributed by atoms with Gasteiger partial charge >= 0.3 is 5.97 Å². The Labute approximate surface area is 143 Å². The Morgan fingerprint density at radius 2 is 1.67 bits per heavy atom. The fraction of sp³-hybridized carbons (Fsp3) is 0.632. The molecule has 0 saturated heterocycles. The topological polar surface area (TPSA) is 65.0 Å². The summed E-state index contributed by atoms with van der Waals surface area (Å²) in [4.78, 5) is 12.1. The molecule has 1 heterocycles. The maximum absolute atomic E-state index is 12.1. The number of ether oxygens (including phenoxy) is 3. The van der Waals surface area contributed by atoms with Crippen LogP contribution in [0.4, 0.5) is 0 Å². The Bertz CT molecular complexity index is 541. The molecule has 0 saturated carbocycles. The SMILES string of the molecule is COc1cc(OC)c2c(c1)[C@@H](CCCCCCCCCO)OC2=O. The third-order valence-electron chi connectivity index (χ3n) is 4.49. The molecule has 0 aliphatic carbocycles. The molecule has 1 aliphatic heterocycles. The summed E-state index contributed by atoms with van der Waals surface area (Å²) in [5.41, 5.74) is 1.41. The second-order valence-electron chi connectivity index (χ2n) is 6.17. The first-order valence-corrected chi connectivity index (χ1v) is 8.79. The van der Waals surface area contributed by atoms with E-state index in [9.17, 15) is 4.79 Å². The van der Waals surface area contributed by atoms with Crippen molar-refractivity contribution in [2.75, 3.05) is 20.8 Å². The van der Waals surface area contributed by atoms with Crippen LogP contribution in [-0.2, 0) is 4.74 Å². The van der Waals surface area contributed by atoms with Crippen LogP contribution in [-0.4, -0.2) is 31.9 Å². The molecule has 24 heavy (non-hydrogen) atoms. The average molecular weight is 336 g/mol. The van der Waals surface area contributed by atoms with Gasteiger partial charge < -0.3 is 19.3 Å². The molecule has 1 aromatic carbocycles. The van der Waals surface area contributed by atoms with Crippen LogP contribution in [0.5, 0.6) is 11.5 Å². The molecule has 1 aromatic rings. The third-order valence-corrected chi connectivity index (χ3v) is 4.49. The Morgan fingerprint density at radius 1 is 1.00 bits per heavy atom. The number of carbonyl (C=O) groups is 1. The van der Waals surface area contributed by atoms with Crippen molar-refractivity contribution in [3.63, 3.8) is 0 Å². The van der Waals surface area contributed by atoms with E-state index >= 15 is 0 Å². The van der Waals surface area contributed by atoms with Gasteiger partial charge in [-0.2, -0.15) is 0 Å². The van der Waals surface area contributed by atoms with E-state index in [4.69, 9.17) is 19.3 Å². The Morgan fingerprint density at radius 3 is 2.29 bits per heavy atom. The van der Waals surface area contributed by atoms with Crippen LogP contribution in [0.2, 0.25) is 0 Å². The van der Waals surface area contributed by atoms with Gasteiger partial charge in [-0.3, -0.25) is 0 Å². The molecule has 134 valence electrons. The van der Waals surface area contributed by atoms with Gasteiger partial charge in [-0.1, -0.05) is 32.1 Å². The van der Waals surface area contributed by atoms with E-state index in [1.807, 2.05) is 6.07 Å². The predicted octanol–water partition coefficient (Wildman–Crippen LogP) is 4.03. The predicted molar refractivity (Wildman–Crippen MR) is 91.7 cm³/mol. The molecule has 0 bridgehead atoms. The largest absolute Gasteiger partial charge is 0.497 e. The van der Waals surface area contributed by atoms with Gasteiger partial charge in [-0.05, 0) is 25.3 Å². The highest BCUT2D eigenvalue weighted by Crippen LogP contribution is 2.41. The van der Waals surface area contributed by atoms with Gasteiger partial charge in [0.25, 0.3) is 0 Å². The molecule has 0 aromatic heterocycles. The third kappa shape index (κ3) is 4.63. The second-order valence-corrected chi connectivity index (χ2v) is 6.17. The van der Waals surface area contributed by atoms with Gasteiger partial charge in [0, 0.05) is 18.2 Å². The number of hydrogen-bond donors (Lipinski definition) is 1. The summed E-state index contributed by atoms with van der Waals surface area (Å²) in [6.45, 7) is 0.291. The van der Waals surface area contributed by atoms with Crippen molar-refractivity contribution >= 4 is 5.97 Å². The summed E-state index contributed by atoms with van der Waals surface area (Å²) in [6, 6.07) is 3.59. The van der Waals surface area contributed by atoms with Crippen molar-refractivity contribution < 1.29 is 24.1 Å². The van der Waals surface area contributed by atoms with Gasteiger partial charge in [0.15, 0.2) is 0 Å². The zero-order valence-electron chi connectivity index (χ0n) is 14.7. The fourth-order valence-corrected chi connectivity index (χ4v) is 3.15. The quantitative estimate of drug-likeness (QED) is 0.488. The van der Waals surface area contributed by atoms with Gasteiger partial charge in [0.2, 0.25) is 0 Å². The van der Waals surface area contributed by atoms with Crippen LogP contribution in [0.3, 0.4) is 0 Å². The number of unbranched alkanes of at least 4 members (excludes halogenated alkanes) is 6. The lowest BCUT2D eigenvalue weighted by atomic mass is 9.99. The minimum absolute atomic E-state index is 0.203. The normalized spacial score (nSPS) is 16.0. The zero-order chi connectivity index (χ0) is 17.4. The van der Waals surface area contributed by atoms with E-state index < -0.39 is 0 Å². The van der Waals surface area contributed by atoms with E-state index in [0.29, 0.717) is 23.7 Å². The smallest absolute Gasteiger partial charge is 0.342 e. The Hall–Kier alpha value is -1.75. The van der Waals surface area contributed by atoms with Crippen molar-refractivity contribution in [1.82, 2.24) is 0 Å². The van der Waals surface area contributed by atoms with Gasteiger partial charge in [0.1, 0.15) is 23.2 Å². The summed E-state index contributed by atoms with van der Waals surface area (Å²) in [7, 11) is 3.15. The highest BCUT2D eigenvalue weighted by atomic mass is 16.6. The molecule has 0 spiro atoms. The first-order valence-electron chi connectivity index (χ1n) is 8.79. The van der Waals surface area contributed by atoms with Crippen LogP contribution in [0.25, 0.3) is 0 Å². The van der Waals surface area contributed by atoms with Crippen molar-refractivity contribution in [3.05, 3.63) is 23.3 Å². The zero-order valence-corrected chi connectivity index (χ0v) is 14.7. The van der Waals surface area contributed by atoms with Crippen LogP contribution < -0.4 is 9.47 Å². The van der Waals surface area contributed by atoms with Crippen molar-refractivity contribution in [1.29, 1.82) is 0 Å². The lowest BCUT2D eigenvalue weighted by Gasteiger charge is -2.12. The minimum atomic E-state index is -0.307. The van der Waals surface area contributed by atoms with Gasteiger partial charge in [-0.25, -0.2) is 4.79 Å². The average Bonchev–Trinajstić information content (AvgIpc) is 2.92. The maximum atomic E-state index is 12.1. The lowest BCUT2D eigenvalue weighted by Crippen LogP contribution is -1.99. The molecule has 1 N–H and O–H groups in total. The van der Waals surface area contributed by atoms with E-state index in [-0.39, 0.29) is 12.1 Å². The number of carbonyl (C=O) groups excluding carboxylic acids is 1. The number of aliphatic hydroxyl groups excluding tert-OH is 1. The molecule has 2 rings (SSSR count). The molecular weight excluding hydrogens is 308 g/mol. The molecule has 1 aliphatic rings. The number of fused-ring (bicyclic) bond motifs is 1.